The number of halogens is 1. The molecule has 1 spiro atoms. The molecule has 5 rings (SSSR count). The van der Waals surface area contributed by atoms with E-state index in [1.165, 1.54) is 16.7 Å². The summed E-state index contributed by atoms with van der Waals surface area (Å²) in [6, 6.07) is 24.4. The molecule has 32 heavy (non-hydrogen) atoms. The Balaban J connectivity index is 1.35. The number of fused-ring (bicyclic) bond motifs is 2. The van der Waals surface area contributed by atoms with Crippen LogP contribution >= 0.6 is 11.6 Å². The third-order valence-electron chi connectivity index (χ3n) is 6.86. The van der Waals surface area contributed by atoms with Gasteiger partial charge in [-0.05, 0) is 68.2 Å². The van der Waals surface area contributed by atoms with Gasteiger partial charge >= 0.3 is 6.03 Å². The van der Waals surface area contributed by atoms with Crippen molar-refractivity contribution in [2.24, 2.45) is 0 Å². The van der Waals surface area contributed by atoms with Crippen molar-refractivity contribution in [3.63, 3.8) is 0 Å². The van der Waals surface area contributed by atoms with Gasteiger partial charge in [-0.15, -0.1) is 0 Å². The summed E-state index contributed by atoms with van der Waals surface area (Å²) in [5.41, 5.74) is 5.68. The quantitative estimate of drug-likeness (QED) is 0.518. The molecule has 0 aliphatic carbocycles. The Bertz CT molecular complexity index is 1120. The fourth-order valence-corrected chi connectivity index (χ4v) is 5.32. The molecule has 0 aromatic heterocycles. The van der Waals surface area contributed by atoms with E-state index >= 15 is 0 Å². The second-order valence-corrected chi connectivity index (χ2v) is 9.53. The molecule has 5 heteroatoms. The van der Waals surface area contributed by atoms with Gasteiger partial charge in [0.15, 0.2) is 0 Å². The van der Waals surface area contributed by atoms with Gasteiger partial charge in [-0.1, -0.05) is 65.7 Å². The van der Waals surface area contributed by atoms with Crippen molar-refractivity contribution in [3.8, 4) is 0 Å². The van der Waals surface area contributed by atoms with Gasteiger partial charge in [0.1, 0.15) is 0 Å². The molecule has 1 fully saturated rings. The number of urea groups is 1. The number of carbonyl (C=O) groups is 1. The lowest BCUT2D eigenvalue weighted by Gasteiger charge is -2.40. The highest BCUT2D eigenvalue weighted by Gasteiger charge is 2.46. The van der Waals surface area contributed by atoms with Crippen LogP contribution in [0, 0.1) is 6.92 Å². The Hall–Kier alpha value is -2.82. The zero-order valence-corrected chi connectivity index (χ0v) is 19.1. The van der Waals surface area contributed by atoms with E-state index in [-0.39, 0.29) is 11.4 Å². The van der Waals surface area contributed by atoms with E-state index in [4.69, 9.17) is 11.6 Å². The maximum absolute atomic E-state index is 13.3. The van der Waals surface area contributed by atoms with Gasteiger partial charge in [0.25, 0.3) is 0 Å². The zero-order chi connectivity index (χ0) is 22.1. The number of piperidine rings is 1. The Kier molecular flexibility index (Phi) is 5.66. The van der Waals surface area contributed by atoms with Crippen LogP contribution in [-0.4, -0.2) is 30.6 Å². The predicted molar refractivity (Wildman–Crippen MR) is 132 cm³/mol. The summed E-state index contributed by atoms with van der Waals surface area (Å²) in [5, 5.41) is 3.65. The minimum atomic E-state index is -0.0963. The summed E-state index contributed by atoms with van der Waals surface area (Å²) in [5.74, 6) is 0. The molecule has 4 nitrogen and oxygen atoms in total. The van der Waals surface area contributed by atoms with Crippen molar-refractivity contribution in [2.45, 2.75) is 31.7 Å². The fraction of sp³-hybridized carbons (Fsp3) is 0.296. The monoisotopic (exact) mass is 445 g/mol. The molecular formula is C27H28ClN3O. The highest BCUT2D eigenvalue weighted by Crippen LogP contribution is 2.47. The van der Waals surface area contributed by atoms with E-state index in [0.29, 0.717) is 5.02 Å². The van der Waals surface area contributed by atoms with Crippen molar-refractivity contribution in [1.29, 1.82) is 0 Å². The van der Waals surface area contributed by atoms with Crippen LogP contribution < -0.4 is 10.2 Å². The zero-order valence-electron chi connectivity index (χ0n) is 18.4. The fourth-order valence-electron chi connectivity index (χ4n) is 5.13. The third kappa shape index (κ3) is 4.13. The standard InChI is InChI=1S/C27H28ClN3O/c1-20-10-11-25-24(16-20)27(12-14-30(15-13-27)18-21-6-3-2-4-7-21)19-31(25)26(32)29-23-9-5-8-22(28)17-23/h2-11,16-17H,12-15,18-19H2,1H3,(H,29,32). The number of hydrogen-bond acceptors (Lipinski definition) is 2. The normalized spacial score (nSPS) is 17.4. The first-order valence-electron chi connectivity index (χ1n) is 11.2. The number of rotatable bonds is 3. The maximum Gasteiger partial charge on any atom is 0.326 e. The molecule has 2 aliphatic rings. The number of hydrogen-bond donors (Lipinski definition) is 1. The molecule has 0 atom stereocenters. The van der Waals surface area contributed by atoms with Crippen LogP contribution in [-0.2, 0) is 12.0 Å². The summed E-state index contributed by atoms with van der Waals surface area (Å²) in [7, 11) is 0. The Morgan fingerprint density at radius 2 is 1.78 bits per heavy atom. The molecule has 2 amide bonds. The third-order valence-corrected chi connectivity index (χ3v) is 7.09. The van der Waals surface area contributed by atoms with Crippen LogP contribution in [0.25, 0.3) is 0 Å². The van der Waals surface area contributed by atoms with E-state index in [2.05, 4.69) is 65.7 Å². The van der Waals surface area contributed by atoms with E-state index in [9.17, 15) is 4.79 Å². The predicted octanol–water partition coefficient (Wildman–Crippen LogP) is 6.23. The lowest BCUT2D eigenvalue weighted by molar-refractivity contribution is 0.160. The van der Waals surface area contributed by atoms with E-state index in [1.54, 1.807) is 6.07 Å². The van der Waals surface area contributed by atoms with Gasteiger partial charge in [-0.25, -0.2) is 4.79 Å². The number of nitrogens with one attached hydrogen (secondary N) is 1. The van der Waals surface area contributed by atoms with Crippen LogP contribution in [0.5, 0.6) is 0 Å². The van der Waals surface area contributed by atoms with Gasteiger partial charge in [0, 0.05) is 34.9 Å². The van der Waals surface area contributed by atoms with Gasteiger partial charge in [0.2, 0.25) is 0 Å². The van der Waals surface area contributed by atoms with Crippen LogP contribution in [0.3, 0.4) is 0 Å². The molecule has 0 unspecified atom stereocenters. The Morgan fingerprint density at radius 3 is 2.53 bits per heavy atom. The summed E-state index contributed by atoms with van der Waals surface area (Å²) in [6.45, 7) is 5.90. The topological polar surface area (TPSA) is 35.6 Å². The molecule has 0 radical (unpaired) electrons. The van der Waals surface area contributed by atoms with Crippen molar-refractivity contribution in [3.05, 3.63) is 94.5 Å². The van der Waals surface area contributed by atoms with Crippen LogP contribution in [0.2, 0.25) is 5.02 Å². The molecule has 0 saturated carbocycles. The van der Waals surface area contributed by atoms with Crippen molar-refractivity contribution >= 4 is 29.0 Å². The molecular weight excluding hydrogens is 418 g/mol. The second kappa shape index (κ2) is 8.61. The molecule has 164 valence electrons. The SMILES string of the molecule is Cc1ccc2c(c1)C1(CCN(Cc3ccccc3)CC1)CN2C(=O)Nc1cccc(Cl)c1. The first-order valence-corrected chi connectivity index (χ1v) is 11.6. The van der Waals surface area contributed by atoms with Gasteiger partial charge in [-0.3, -0.25) is 9.80 Å². The molecule has 3 aromatic carbocycles. The average molecular weight is 446 g/mol. The van der Waals surface area contributed by atoms with Crippen LogP contribution in [0.15, 0.2) is 72.8 Å². The number of aryl methyl sites for hydroxylation is 1. The number of likely N-dealkylation sites (tertiary alicyclic amines) is 1. The van der Waals surface area contributed by atoms with Crippen LogP contribution in [0.1, 0.15) is 29.5 Å². The number of nitrogens with zero attached hydrogens (tertiary/aromatic N) is 2. The minimum absolute atomic E-state index is 0.0141. The number of benzene rings is 3. The Morgan fingerprint density at radius 1 is 1.00 bits per heavy atom. The second-order valence-electron chi connectivity index (χ2n) is 9.09. The minimum Gasteiger partial charge on any atom is -0.307 e. The van der Waals surface area contributed by atoms with Crippen molar-refractivity contribution in [1.82, 2.24) is 4.90 Å². The molecule has 0 bridgehead atoms. The first-order chi connectivity index (χ1) is 15.5. The van der Waals surface area contributed by atoms with Crippen molar-refractivity contribution < 1.29 is 4.79 Å². The van der Waals surface area contributed by atoms with E-state index < -0.39 is 0 Å². The van der Waals surface area contributed by atoms with Gasteiger partial charge in [-0.2, -0.15) is 0 Å². The maximum atomic E-state index is 13.3. The van der Waals surface area contributed by atoms with E-state index in [0.717, 1.165) is 50.4 Å². The van der Waals surface area contributed by atoms with Crippen LogP contribution in [0.4, 0.5) is 16.2 Å². The highest BCUT2D eigenvalue weighted by molar-refractivity contribution is 6.30. The molecule has 3 aromatic rings. The average Bonchev–Trinajstić information content (AvgIpc) is 3.10. The van der Waals surface area contributed by atoms with Crippen molar-refractivity contribution in [2.75, 3.05) is 29.9 Å². The first kappa shape index (κ1) is 21.0. The summed E-state index contributed by atoms with van der Waals surface area (Å²) >= 11 is 6.11. The molecule has 2 heterocycles. The number of carbonyl (C=O) groups excluding carboxylic acids is 1. The number of anilines is 2. The molecule has 1 saturated heterocycles. The Labute approximate surface area is 194 Å². The summed E-state index contributed by atoms with van der Waals surface area (Å²) in [6.07, 6.45) is 2.11. The van der Waals surface area contributed by atoms with E-state index in [1.807, 2.05) is 23.1 Å². The lowest BCUT2D eigenvalue weighted by atomic mass is 9.74. The summed E-state index contributed by atoms with van der Waals surface area (Å²) in [4.78, 5) is 17.7. The molecule has 1 N–H and O–H groups in total. The van der Waals surface area contributed by atoms with Gasteiger partial charge < -0.3 is 5.32 Å². The number of amides is 2. The smallest absolute Gasteiger partial charge is 0.307 e. The lowest BCUT2D eigenvalue weighted by Crippen LogP contribution is -2.46. The highest BCUT2D eigenvalue weighted by atomic mass is 35.5. The molecule has 2 aliphatic heterocycles. The van der Waals surface area contributed by atoms with Gasteiger partial charge in [0.05, 0.1) is 0 Å². The summed E-state index contributed by atoms with van der Waals surface area (Å²) < 4.78 is 0. The largest absolute Gasteiger partial charge is 0.326 e.